The second kappa shape index (κ2) is 8.67. The maximum atomic E-state index is 13.2. The van der Waals surface area contributed by atoms with E-state index in [-0.39, 0.29) is 18.2 Å². The Hall–Kier alpha value is -2.88. The Bertz CT molecular complexity index is 801. The van der Waals surface area contributed by atoms with Gasteiger partial charge in [-0.05, 0) is 30.7 Å². The molecule has 0 aliphatic carbocycles. The fourth-order valence-electron chi connectivity index (χ4n) is 2.27. The summed E-state index contributed by atoms with van der Waals surface area (Å²) in [5.74, 6) is -2.11. The van der Waals surface area contributed by atoms with E-state index in [2.05, 4.69) is 10.4 Å². The summed E-state index contributed by atoms with van der Waals surface area (Å²) in [5.41, 5.74) is -1.95. The predicted octanol–water partition coefficient (Wildman–Crippen LogP) is 3.34. The van der Waals surface area contributed by atoms with Gasteiger partial charge < -0.3 is 15.2 Å². The van der Waals surface area contributed by atoms with Gasteiger partial charge in [0.05, 0.1) is 11.9 Å². The van der Waals surface area contributed by atoms with Gasteiger partial charge in [-0.3, -0.25) is 4.79 Å². The summed E-state index contributed by atoms with van der Waals surface area (Å²) >= 11 is 0. The molecule has 2 rings (SSSR count). The van der Waals surface area contributed by atoms with Crippen LogP contribution in [0.25, 0.3) is 5.69 Å². The first kappa shape index (κ1) is 20.4. The van der Waals surface area contributed by atoms with Crippen molar-refractivity contribution in [3.05, 3.63) is 41.7 Å². The van der Waals surface area contributed by atoms with E-state index in [1.807, 2.05) is 6.92 Å². The van der Waals surface area contributed by atoms with Crippen LogP contribution in [-0.2, 0) is 15.7 Å². The number of carboxylic acid groups (broad SMARTS) is 1. The Morgan fingerprint density at radius 1 is 1.26 bits per heavy atom. The van der Waals surface area contributed by atoms with Crippen LogP contribution in [-0.4, -0.2) is 40.0 Å². The molecule has 2 N–H and O–H groups in total. The van der Waals surface area contributed by atoms with Crippen LogP contribution in [0.5, 0.6) is 0 Å². The van der Waals surface area contributed by atoms with Gasteiger partial charge in [0.15, 0.2) is 5.69 Å². The highest BCUT2D eigenvalue weighted by atomic mass is 19.4. The van der Waals surface area contributed by atoms with Crippen molar-refractivity contribution in [2.45, 2.75) is 25.9 Å². The lowest BCUT2D eigenvalue weighted by molar-refractivity contribution is -0.143. The molecule has 0 aliphatic rings. The number of hydrogen-bond acceptors (Lipinski definition) is 4. The van der Waals surface area contributed by atoms with Crippen molar-refractivity contribution in [3.63, 3.8) is 0 Å². The number of carbonyl (C=O) groups excluding carboxylic acids is 1. The molecule has 1 aromatic carbocycles. The van der Waals surface area contributed by atoms with E-state index in [4.69, 9.17) is 9.84 Å². The lowest BCUT2D eigenvalue weighted by atomic mass is 10.2. The molecule has 0 saturated heterocycles. The molecule has 0 aliphatic heterocycles. The number of alkyl halides is 3. The number of benzene rings is 1. The molecule has 146 valence electrons. The van der Waals surface area contributed by atoms with Gasteiger partial charge in [0.2, 0.25) is 5.91 Å². The van der Waals surface area contributed by atoms with Crippen molar-refractivity contribution in [1.29, 1.82) is 0 Å². The van der Waals surface area contributed by atoms with Crippen molar-refractivity contribution >= 4 is 17.6 Å². The molecule has 10 heteroatoms. The van der Waals surface area contributed by atoms with Crippen LogP contribution in [0, 0.1) is 0 Å². The number of hydrogen-bond donors (Lipinski definition) is 2. The number of ether oxygens (including phenoxy) is 1. The Labute approximate surface area is 152 Å². The minimum absolute atomic E-state index is 0.00650. The van der Waals surface area contributed by atoms with E-state index < -0.39 is 23.4 Å². The van der Waals surface area contributed by atoms with Gasteiger partial charge in [0.25, 0.3) is 0 Å². The van der Waals surface area contributed by atoms with Crippen molar-refractivity contribution in [1.82, 2.24) is 9.78 Å². The van der Waals surface area contributed by atoms with E-state index in [1.54, 1.807) is 0 Å². The molecule has 0 unspecified atom stereocenters. The van der Waals surface area contributed by atoms with Gasteiger partial charge in [-0.1, -0.05) is 13.3 Å². The normalized spacial score (nSPS) is 11.4. The first-order valence-corrected chi connectivity index (χ1v) is 8.10. The molecule has 0 spiro atoms. The Balaban J connectivity index is 2.14. The number of nitrogens with zero attached hydrogens (tertiary/aromatic N) is 2. The maximum absolute atomic E-state index is 13.2. The summed E-state index contributed by atoms with van der Waals surface area (Å²) in [6.07, 6.45) is -2.47. The third-order valence-corrected chi connectivity index (χ3v) is 3.54. The zero-order valence-electron chi connectivity index (χ0n) is 14.4. The molecule has 27 heavy (non-hydrogen) atoms. The van der Waals surface area contributed by atoms with Crippen LogP contribution >= 0.6 is 0 Å². The summed E-state index contributed by atoms with van der Waals surface area (Å²) in [6, 6.07) is 5.37. The molecule has 0 radical (unpaired) electrons. The van der Waals surface area contributed by atoms with Crippen molar-refractivity contribution in [2.75, 3.05) is 18.5 Å². The predicted molar refractivity (Wildman–Crippen MR) is 89.9 cm³/mol. The highest BCUT2D eigenvalue weighted by Crippen LogP contribution is 2.33. The van der Waals surface area contributed by atoms with E-state index in [9.17, 15) is 22.8 Å². The summed E-state index contributed by atoms with van der Waals surface area (Å²) in [6.45, 7) is 2.34. The second-order valence-electron chi connectivity index (χ2n) is 5.62. The number of anilines is 1. The van der Waals surface area contributed by atoms with Gasteiger partial charge in [-0.15, -0.1) is 0 Å². The average molecular weight is 385 g/mol. The van der Waals surface area contributed by atoms with Gasteiger partial charge in [-0.25, -0.2) is 9.48 Å². The largest absolute Gasteiger partial charge is 0.478 e. The zero-order chi connectivity index (χ0) is 20.0. The SMILES string of the molecule is CCCCOCC(=O)Nc1ccc(-n2ncc(C(=O)O)c2C(F)(F)F)cc1. The van der Waals surface area contributed by atoms with Crippen molar-refractivity contribution in [2.24, 2.45) is 0 Å². The molecule has 1 heterocycles. The molecular weight excluding hydrogens is 367 g/mol. The fourth-order valence-corrected chi connectivity index (χ4v) is 2.27. The first-order valence-electron chi connectivity index (χ1n) is 8.10. The number of aromatic carboxylic acids is 1. The first-order chi connectivity index (χ1) is 12.7. The molecule has 1 amide bonds. The standard InChI is InChI=1S/C17H18F3N3O4/c1-2-3-8-27-10-14(24)22-11-4-6-12(7-5-11)23-15(17(18,19)20)13(9-21-23)16(25)26/h4-7,9H,2-3,8,10H2,1H3,(H,22,24)(H,25,26). The smallest absolute Gasteiger partial charge is 0.434 e. The van der Waals surface area contributed by atoms with E-state index >= 15 is 0 Å². The molecule has 0 fully saturated rings. The number of halogens is 3. The maximum Gasteiger partial charge on any atom is 0.434 e. The lowest BCUT2D eigenvalue weighted by Gasteiger charge is -2.12. The number of carboxylic acids is 1. The van der Waals surface area contributed by atoms with Gasteiger partial charge in [0, 0.05) is 12.3 Å². The second-order valence-corrected chi connectivity index (χ2v) is 5.62. The minimum atomic E-state index is -4.90. The third kappa shape index (κ3) is 5.30. The molecule has 0 bridgehead atoms. The fraction of sp³-hybridized carbons (Fsp3) is 0.353. The van der Waals surface area contributed by atoms with E-state index in [0.29, 0.717) is 23.2 Å². The van der Waals surface area contributed by atoms with Crippen LogP contribution in [0.2, 0.25) is 0 Å². The average Bonchev–Trinajstić information content (AvgIpc) is 3.05. The lowest BCUT2D eigenvalue weighted by Crippen LogP contribution is -2.19. The topological polar surface area (TPSA) is 93.5 Å². The molecule has 0 saturated carbocycles. The number of rotatable bonds is 8. The summed E-state index contributed by atoms with van der Waals surface area (Å²) < 4.78 is 45.3. The summed E-state index contributed by atoms with van der Waals surface area (Å²) in [7, 11) is 0. The number of nitrogens with one attached hydrogen (secondary N) is 1. The highest BCUT2D eigenvalue weighted by molar-refractivity contribution is 5.91. The monoisotopic (exact) mass is 385 g/mol. The van der Waals surface area contributed by atoms with Gasteiger partial charge >= 0.3 is 12.1 Å². The summed E-state index contributed by atoms with van der Waals surface area (Å²) in [4.78, 5) is 22.7. The third-order valence-electron chi connectivity index (χ3n) is 3.54. The van der Waals surface area contributed by atoms with Crippen molar-refractivity contribution < 1.29 is 32.6 Å². The van der Waals surface area contributed by atoms with Gasteiger partial charge in [0.1, 0.15) is 12.2 Å². The number of amides is 1. The Morgan fingerprint density at radius 2 is 1.93 bits per heavy atom. The number of unbranched alkanes of at least 4 members (excludes halogenated alkanes) is 1. The Kier molecular flexibility index (Phi) is 6.56. The van der Waals surface area contributed by atoms with Gasteiger partial charge in [-0.2, -0.15) is 18.3 Å². The van der Waals surface area contributed by atoms with E-state index in [1.165, 1.54) is 24.3 Å². The van der Waals surface area contributed by atoms with Crippen LogP contribution in [0.4, 0.5) is 18.9 Å². The van der Waals surface area contributed by atoms with Crippen LogP contribution in [0.3, 0.4) is 0 Å². The quantitative estimate of drug-likeness (QED) is 0.680. The van der Waals surface area contributed by atoms with Crippen LogP contribution in [0.1, 0.15) is 35.8 Å². The zero-order valence-corrected chi connectivity index (χ0v) is 14.4. The highest BCUT2D eigenvalue weighted by Gasteiger charge is 2.40. The number of aromatic nitrogens is 2. The Morgan fingerprint density at radius 3 is 2.48 bits per heavy atom. The van der Waals surface area contributed by atoms with Crippen LogP contribution in [0.15, 0.2) is 30.5 Å². The van der Waals surface area contributed by atoms with Crippen molar-refractivity contribution in [3.8, 4) is 5.69 Å². The summed E-state index contributed by atoms with van der Waals surface area (Å²) in [5, 5.41) is 15.0. The van der Waals surface area contributed by atoms with E-state index in [0.717, 1.165) is 12.8 Å². The molecule has 7 nitrogen and oxygen atoms in total. The molecule has 2 aromatic rings. The number of carbonyl (C=O) groups is 2. The molecular formula is C17H18F3N3O4. The van der Waals surface area contributed by atoms with Crippen LogP contribution < -0.4 is 5.32 Å². The molecule has 1 aromatic heterocycles. The minimum Gasteiger partial charge on any atom is -0.478 e. The molecule has 0 atom stereocenters.